The van der Waals surface area contributed by atoms with Gasteiger partial charge in [-0.05, 0) is 36.8 Å². The Morgan fingerprint density at radius 1 is 1.03 bits per heavy atom. The number of fused-ring (bicyclic) bond motifs is 2. The van der Waals surface area contributed by atoms with E-state index in [9.17, 15) is 9.59 Å². The quantitative estimate of drug-likeness (QED) is 0.406. The van der Waals surface area contributed by atoms with Crippen molar-refractivity contribution in [3.05, 3.63) is 103 Å². The van der Waals surface area contributed by atoms with E-state index in [4.69, 9.17) is 14.9 Å². The standard InChI is InChI=1S/C23H19N5O4/c1-12-3-7-14(8-4-12)28-11-25-21-17(19(28)24)16(13-5-9-15(31-2)10-6-13)18-20(29)26-23(30)27-22(18)32-21/h3-11,16,24H,1-2H3,(H2,26,27,29,30). The predicted octanol–water partition coefficient (Wildman–Crippen LogP) is 2.33. The van der Waals surface area contributed by atoms with Crippen LogP contribution in [0.1, 0.15) is 28.2 Å². The first-order valence-corrected chi connectivity index (χ1v) is 9.87. The molecule has 0 saturated carbocycles. The van der Waals surface area contributed by atoms with E-state index in [-0.39, 0.29) is 22.8 Å². The van der Waals surface area contributed by atoms with Gasteiger partial charge in [0.15, 0.2) is 0 Å². The van der Waals surface area contributed by atoms with Crippen LogP contribution in [-0.2, 0) is 0 Å². The van der Waals surface area contributed by atoms with Crippen LogP contribution in [0.3, 0.4) is 0 Å². The van der Waals surface area contributed by atoms with Gasteiger partial charge in [-0.2, -0.15) is 0 Å². The molecule has 3 heterocycles. The molecule has 0 saturated heterocycles. The highest BCUT2D eigenvalue weighted by molar-refractivity contribution is 5.53. The molecule has 0 aliphatic carbocycles. The second-order valence-electron chi connectivity index (χ2n) is 7.48. The summed E-state index contributed by atoms with van der Waals surface area (Å²) in [4.78, 5) is 33.9. The van der Waals surface area contributed by atoms with Crippen LogP contribution < -0.4 is 26.2 Å². The third-order valence-corrected chi connectivity index (χ3v) is 5.50. The van der Waals surface area contributed by atoms with E-state index in [0.717, 1.165) is 16.8 Å². The second-order valence-corrected chi connectivity index (χ2v) is 7.48. The maximum atomic E-state index is 12.8. The number of aromatic nitrogens is 4. The van der Waals surface area contributed by atoms with Gasteiger partial charge >= 0.3 is 5.69 Å². The van der Waals surface area contributed by atoms with E-state index in [1.165, 1.54) is 6.33 Å². The molecule has 1 aliphatic heterocycles. The third-order valence-electron chi connectivity index (χ3n) is 5.50. The van der Waals surface area contributed by atoms with Crippen molar-refractivity contribution in [3.8, 4) is 23.2 Å². The SMILES string of the molecule is COc1ccc(C2c3c([nH]c(=O)[nH]c3=O)Oc3ncn(-c4ccc(C)cc4)c(=N)c32)cc1. The highest BCUT2D eigenvalue weighted by Gasteiger charge is 2.35. The number of hydrogen-bond acceptors (Lipinski definition) is 6. The molecule has 2 aromatic carbocycles. The van der Waals surface area contributed by atoms with Gasteiger partial charge in [0.2, 0.25) is 11.8 Å². The van der Waals surface area contributed by atoms with E-state index >= 15 is 0 Å². The summed E-state index contributed by atoms with van der Waals surface area (Å²) in [5, 5.41) is 8.96. The van der Waals surface area contributed by atoms with Gasteiger partial charge < -0.3 is 9.47 Å². The number of nitrogens with one attached hydrogen (secondary N) is 3. The molecule has 1 atom stereocenters. The molecule has 9 nitrogen and oxygen atoms in total. The molecule has 1 unspecified atom stereocenters. The van der Waals surface area contributed by atoms with Crippen LogP contribution in [0.2, 0.25) is 0 Å². The molecule has 160 valence electrons. The Balaban J connectivity index is 1.79. The Bertz CT molecular complexity index is 1500. The summed E-state index contributed by atoms with van der Waals surface area (Å²) in [5.41, 5.74) is 2.06. The number of rotatable bonds is 3. The van der Waals surface area contributed by atoms with Crippen LogP contribution >= 0.6 is 0 Å². The molecule has 0 radical (unpaired) electrons. The first-order valence-electron chi connectivity index (χ1n) is 9.87. The molecule has 0 amide bonds. The molecule has 0 spiro atoms. The fourth-order valence-corrected chi connectivity index (χ4v) is 3.90. The van der Waals surface area contributed by atoms with Gasteiger partial charge in [0, 0.05) is 5.69 Å². The minimum Gasteiger partial charge on any atom is -0.497 e. The molecule has 9 heteroatoms. The van der Waals surface area contributed by atoms with E-state index in [2.05, 4.69) is 15.0 Å². The van der Waals surface area contributed by atoms with Gasteiger partial charge in [-0.25, -0.2) is 9.78 Å². The van der Waals surface area contributed by atoms with Gasteiger partial charge in [-0.3, -0.25) is 24.7 Å². The number of methoxy groups -OCH3 is 1. The molecule has 5 rings (SSSR count). The lowest BCUT2D eigenvalue weighted by molar-refractivity contribution is 0.404. The zero-order valence-corrected chi connectivity index (χ0v) is 17.3. The number of nitrogens with zero attached hydrogens (tertiary/aromatic N) is 2. The van der Waals surface area contributed by atoms with Crippen molar-refractivity contribution in [2.75, 3.05) is 7.11 Å². The summed E-state index contributed by atoms with van der Waals surface area (Å²) in [7, 11) is 1.57. The van der Waals surface area contributed by atoms with E-state index in [1.807, 2.05) is 43.3 Å². The van der Waals surface area contributed by atoms with Crippen molar-refractivity contribution in [3.63, 3.8) is 0 Å². The van der Waals surface area contributed by atoms with Crippen molar-refractivity contribution in [1.82, 2.24) is 19.5 Å². The molecule has 0 bridgehead atoms. The molecular weight excluding hydrogens is 410 g/mol. The van der Waals surface area contributed by atoms with E-state index < -0.39 is 17.2 Å². The molecule has 0 fully saturated rings. The first kappa shape index (κ1) is 19.6. The van der Waals surface area contributed by atoms with Gasteiger partial charge in [0.05, 0.1) is 24.2 Å². The van der Waals surface area contributed by atoms with Crippen LogP contribution in [0.15, 0.2) is 64.4 Å². The van der Waals surface area contributed by atoms with Crippen LogP contribution in [0, 0.1) is 12.3 Å². The largest absolute Gasteiger partial charge is 0.497 e. The van der Waals surface area contributed by atoms with Crippen LogP contribution in [0.25, 0.3) is 5.69 Å². The van der Waals surface area contributed by atoms with Crippen molar-refractivity contribution >= 4 is 0 Å². The van der Waals surface area contributed by atoms with Crippen molar-refractivity contribution < 1.29 is 9.47 Å². The molecule has 1 aliphatic rings. The van der Waals surface area contributed by atoms with E-state index in [0.29, 0.717) is 11.3 Å². The lowest BCUT2D eigenvalue weighted by atomic mass is 9.85. The summed E-state index contributed by atoms with van der Waals surface area (Å²) >= 11 is 0. The van der Waals surface area contributed by atoms with Gasteiger partial charge in [0.25, 0.3) is 5.56 Å². The minimum absolute atomic E-state index is 0.0204. The normalized spacial score (nSPS) is 14.2. The van der Waals surface area contributed by atoms with Crippen molar-refractivity contribution in [2.24, 2.45) is 0 Å². The lowest BCUT2D eigenvalue weighted by Crippen LogP contribution is -2.35. The number of benzene rings is 2. The van der Waals surface area contributed by atoms with Crippen molar-refractivity contribution in [1.29, 1.82) is 5.41 Å². The highest BCUT2D eigenvalue weighted by Crippen LogP contribution is 2.42. The first-order chi connectivity index (χ1) is 15.5. The maximum absolute atomic E-state index is 12.8. The summed E-state index contributed by atoms with van der Waals surface area (Å²) in [6, 6.07) is 14.9. The number of hydrogen-bond donors (Lipinski definition) is 3. The smallest absolute Gasteiger partial charge is 0.328 e. The second kappa shape index (κ2) is 7.38. The summed E-state index contributed by atoms with van der Waals surface area (Å²) < 4.78 is 12.7. The molecule has 3 N–H and O–H groups in total. The van der Waals surface area contributed by atoms with Crippen LogP contribution in [0.4, 0.5) is 0 Å². The highest BCUT2D eigenvalue weighted by atomic mass is 16.5. The minimum atomic E-state index is -0.682. The Kier molecular flexibility index (Phi) is 4.51. The van der Waals surface area contributed by atoms with Crippen LogP contribution in [-0.4, -0.2) is 26.6 Å². The van der Waals surface area contributed by atoms with Crippen molar-refractivity contribution in [2.45, 2.75) is 12.8 Å². The number of aromatic amines is 2. The Labute approximate surface area is 181 Å². The Hall–Kier alpha value is -4.40. The molecule has 32 heavy (non-hydrogen) atoms. The fraction of sp³-hybridized carbons (Fsp3) is 0.130. The average Bonchev–Trinajstić information content (AvgIpc) is 2.79. The van der Waals surface area contributed by atoms with Gasteiger partial charge in [0.1, 0.15) is 17.6 Å². The predicted molar refractivity (Wildman–Crippen MR) is 116 cm³/mol. The number of ether oxygens (including phenoxy) is 2. The monoisotopic (exact) mass is 429 g/mol. The Morgan fingerprint density at radius 2 is 1.75 bits per heavy atom. The summed E-state index contributed by atoms with van der Waals surface area (Å²) in [5.74, 6) is 0.154. The van der Waals surface area contributed by atoms with E-state index in [1.54, 1.807) is 23.8 Å². The molecular formula is C23H19N5O4. The number of H-pyrrole nitrogens is 2. The summed E-state index contributed by atoms with van der Waals surface area (Å²) in [6.45, 7) is 1.98. The lowest BCUT2D eigenvalue weighted by Gasteiger charge is -2.27. The van der Waals surface area contributed by atoms with Gasteiger partial charge in [-0.1, -0.05) is 29.8 Å². The topological polar surface area (TPSA) is 126 Å². The zero-order valence-electron chi connectivity index (χ0n) is 17.3. The van der Waals surface area contributed by atoms with Gasteiger partial charge in [-0.15, -0.1) is 0 Å². The maximum Gasteiger partial charge on any atom is 0.328 e. The molecule has 4 aromatic rings. The zero-order chi connectivity index (χ0) is 22.4. The average molecular weight is 429 g/mol. The third kappa shape index (κ3) is 3.11. The molecule has 2 aromatic heterocycles. The summed E-state index contributed by atoms with van der Waals surface area (Å²) in [6.07, 6.45) is 1.49. The Morgan fingerprint density at radius 3 is 2.44 bits per heavy atom. The number of aryl methyl sites for hydroxylation is 1. The fourth-order valence-electron chi connectivity index (χ4n) is 3.90. The van der Waals surface area contributed by atoms with Crippen LogP contribution in [0.5, 0.6) is 17.5 Å².